The standard InChI is InChI=1S/C11H20N2O5S/c1-3-19(17,18)7-6-12-10(16)13-11(2,9(14)15)8-4-5-8/h8H,3-7H2,1-2H3,(H,14,15)(H2,12,13,16). The predicted molar refractivity (Wildman–Crippen MR) is 69.6 cm³/mol. The summed E-state index contributed by atoms with van der Waals surface area (Å²) in [5.74, 6) is -1.27. The molecule has 1 aliphatic rings. The Morgan fingerprint density at radius 2 is 1.95 bits per heavy atom. The molecule has 1 fully saturated rings. The third-order valence-corrected chi connectivity index (χ3v) is 5.06. The van der Waals surface area contributed by atoms with Crippen LogP contribution < -0.4 is 10.6 Å². The number of carbonyl (C=O) groups excluding carboxylic acids is 1. The Bertz CT molecular complexity index is 458. The van der Waals surface area contributed by atoms with Gasteiger partial charge in [0.2, 0.25) is 0 Å². The van der Waals surface area contributed by atoms with Crippen molar-refractivity contribution >= 4 is 21.8 Å². The monoisotopic (exact) mass is 292 g/mol. The number of aliphatic carboxylic acids is 1. The van der Waals surface area contributed by atoms with Gasteiger partial charge in [0.05, 0.1) is 5.75 Å². The van der Waals surface area contributed by atoms with E-state index >= 15 is 0 Å². The third kappa shape index (κ3) is 4.38. The minimum Gasteiger partial charge on any atom is -0.480 e. The van der Waals surface area contributed by atoms with Gasteiger partial charge in [0.25, 0.3) is 0 Å². The van der Waals surface area contributed by atoms with Gasteiger partial charge in [-0.25, -0.2) is 18.0 Å². The molecule has 0 bridgehead atoms. The van der Waals surface area contributed by atoms with Gasteiger partial charge < -0.3 is 15.7 Å². The average molecular weight is 292 g/mol. The van der Waals surface area contributed by atoms with Crippen LogP contribution in [0.25, 0.3) is 0 Å². The lowest BCUT2D eigenvalue weighted by molar-refractivity contribution is -0.144. The van der Waals surface area contributed by atoms with Crippen LogP contribution in [0.5, 0.6) is 0 Å². The number of carboxylic acid groups (broad SMARTS) is 1. The lowest BCUT2D eigenvalue weighted by Gasteiger charge is -2.26. The average Bonchev–Trinajstić information content (AvgIpc) is 3.12. The van der Waals surface area contributed by atoms with Crippen LogP contribution in [0.15, 0.2) is 0 Å². The Kier molecular flexibility index (Phi) is 4.78. The van der Waals surface area contributed by atoms with Crippen LogP contribution in [0.1, 0.15) is 26.7 Å². The summed E-state index contributed by atoms with van der Waals surface area (Å²) in [4.78, 5) is 22.8. The second-order valence-corrected chi connectivity index (χ2v) is 7.37. The number of amides is 2. The Morgan fingerprint density at radius 1 is 1.37 bits per heavy atom. The number of nitrogens with one attached hydrogen (secondary N) is 2. The number of hydrogen-bond donors (Lipinski definition) is 3. The van der Waals surface area contributed by atoms with Gasteiger partial charge in [0.1, 0.15) is 5.54 Å². The van der Waals surface area contributed by atoms with Crippen molar-refractivity contribution in [3.63, 3.8) is 0 Å². The molecule has 0 aromatic heterocycles. The Balaban J connectivity index is 2.44. The Labute approximate surface area is 112 Å². The topological polar surface area (TPSA) is 113 Å². The van der Waals surface area contributed by atoms with Crippen molar-refractivity contribution in [2.75, 3.05) is 18.1 Å². The van der Waals surface area contributed by atoms with Crippen LogP contribution in [-0.4, -0.2) is 49.1 Å². The molecule has 1 saturated carbocycles. The van der Waals surface area contributed by atoms with Crippen molar-refractivity contribution in [3.8, 4) is 0 Å². The van der Waals surface area contributed by atoms with Gasteiger partial charge in [-0.3, -0.25) is 0 Å². The molecule has 0 aliphatic heterocycles. The summed E-state index contributed by atoms with van der Waals surface area (Å²) in [5, 5.41) is 13.9. The molecule has 1 unspecified atom stereocenters. The van der Waals surface area contributed by atoms with Crippen molar-refractivity contribution in [2.24, 2.45) is 5.92 Å². The van der Waals surface area contributed by atoms with Gasteiger partial charge in [-0.05, 0) is 25.7 Å². The zero-order valence-corrected chi connectivity index (χ0v) is 11.9. The van der Waals surface area contributed by atoms with Crippen molar-refractivity contribution in [1.29, 1.82) is 0 Å². The number of carbonyl (C=O) groups is 2. The molecule has 19 heavy (non-hydrogen) atoms. The zero-order chi connectivity index (χ0) is 14.7. The maximum absolute atomic E-state index is 11.6. The number of urea groups is 1. The van der Waals surface area contributed by atoms with Crippen LogP contribution in [-0.2, 0) is 14.6 Å². The molecule has 110 valence electrons. The first-order valence-corrected chi connectivity index (χ1v) is 8.03. The quantitative estimate of drug-likeness (QED) is 0.610. The fourth-order valence-electron chi connectivity index (χ4n) is 1.74. The minimum absolute atomic E-state index is 0.0191. The van der Waals surface area contributed by atoms with Gasteiger partial charge in [-0.1, -0.05) is 6.92 Å². The van der Waals surface area contributed by atoms with Crippen molar-refractivity contribution in [1.82, 2.24) is 10.6 Å². The second-order valence-electron chi connectivity index (χ2n) is 4.90. The lowest BCUT2D eigenvalue weighted by atomic mass is 9.96. The minimum atomic E-state index is -3.14. The van der Waals surface area contributed by atoms with E-state index in [1.807, 2.05) is 0 Å². The fraction of sp³-hybridized carbons (Fsp3) is 0.818. The first-order chi connectivity index (χ1) is 8.71. The van der Waals surface area contributed by atoms with Gasteiger partial charge in [0.15, 0.2) is 9.84 Å². The second kappa shape index (κ2) is 5.77. The van der Waals surface area contributed by atoms with E-state index in [0.717, 1.165) is 12.8 Å². The number of sulfone groups is 1. The molecular formula is C11H20N2O5S. The van der Waals surface area contributed by atoms with E-state index in [9.17, 15) is 18.0 Å². The highest BCUT2D eigenvalue weighted by Crippen LogP contribution is 2.39. The molecule has 1 rings (SSSR count). The summed E-state index contributed by atoms with van der Waals surface area (Å²) in [5.41, 5.74) is -1.28. The Hall–Kier alpha value is -1.31. The molecule has 0 aromatic rings. The first kappa shape index (κ1) is 15.7. The summed E-state index contributed by atoms with van der Waals surface area (Å²) in [6.45, 7) is 2.97. The number of hydrogen-bond acceptors (Lipinski definition) is 4. The molecule has 1 aliphatic carbocycles. The highest BCUT2D eigenvalue weighted by atomic mass is 32.2. The molecule has 0 saturated heterocycles. The highest BCUT2D eigenvalue weighted by Gasteiger charge is 2.48. The van der Waals surface area contributed by atoms with Crippen LogP contribution in [0.2, 0.25) is 0 Å². The molecule has 0 aromatic carbocycles. The molecule has 0 radical (unpaired) electrons. The van der Waals surface area contributed by atoms with Gasteiger partial charge in [0, 0.05) is 12.3 Å². The normalized spacial score (nSPS) is 18.4. The van der Waals surface area contributed by atoms with Crippen molar-refractivity contribution < 1.29 is 23.1 Å². The van der Waals surface area contributed by atoms with Crippen molar-refractivity contribution in [2.45, 2.75) is 32.2 Å². The van der Waals surface area contributed by atoms with E-state index < -0.39 is 27.4 Å². The Morgan fingerprint density at radius 3 is 2.37 bits per heavy atom. The van der Waals surface area contributed by atoms with E-state index in [-0.39, 0.29) is 24.0 Å². The molecule has 8 heteroatoms. The van der Waals surface area contributed by atoms with Crippen molar-refractivity contribution in [3.05, 3.63) is 0 Å². The third-order valence-electron chi connectivity index (χ3n) is 3.35. The summed E-state index contributed by atoms with van der Waals surface area (Å²) >= 11 is 0. The van der Waals surface area contributed by atoms with E-state index in [0.29, 0.717) is 0 Å². The largest absolute Gasteiger partial charge is 0.480 e. The maximum atomic E-state index is 11.6. The molecule has 7 nitrogen and oxygen atoms in total. The molecule has 2 amide bonds. The van der Waals surface area contributed by atoms with E-state index in [2.05, 4.69) is 10.6 Å². The van der Waals surface area contributed by atoms with E-state index in [1.165, 1.54) is 13.8 Å². The van der Waals surface area contributed by atoms with Gasteiger partial charge in [-0.15, -0.1) is 0 Å². The molecule has 0 spiro atoms. The molecule has 0 heterocycles. The fourth-order valence-corrected chi connectivity index (χ4v) is 2.44. The van der Waals surface area contributed by atoms with Gasteiger partial charge >= 0.3 is 12.0 Å². The molecule has 1 atom stereocenters. The van der Waals surface area contributed by atoms with E-state index in [4.69, 9.17) is 5.11 Å². The summed E-state index contributed by atoms with van der Waals surface area (Å²) < 4.78 is 22.5. The van der Waals surface area contributed by atoms with E-state index in [1.54, 1.807) is 0 Å². The predicted octanol–water partition coefficient (Wildman–Crippen LogP) is -0.0264. The summed E-state index contributed by atoms with van der Waals surface area (Å²) in [7, 11) is -3.14. The molecule has 3 N–H and O–H groups in total. The summed E-state index contributed by atoms with van der Waals surface area (Å²) in [6, 6.07) is -0.650. The van der Waals surface area contributed by atoms with Crippen LogP contribution >= 0.6 is 0 Å². The highest BCUT2D eigenvalue weighted by molar-refractivity contribution is 7.91. The number of carboxylic acids is 1. The lowest BCUT2D eigenvalue weighted by Crippen LogP contribution is -2.57. The SMILES string of the molecule is CCS(=O)(=O)CCNC(=O)NC(C)(C(=O)O)C1CC1. The van der Waals surface area contributed by atoms with Crippen LogP contribution in [0.4, 0.5) is 4.79 Å². The van der Waals surface area contributed by atoms with Crippen LogP contribution in [0, 0.1) is 5.92 Å². The smallest absolute Gasteiger partial charge is 0.329 e. The van der Waals surface area contributed by atoms with Crippen LogP contribution in [0.3, 0.4) is 0 Å². The number of rotatable bonds is 7. The molecular weight excluding hydrogens is 272 g/mol. The first-order valence-electron chi connectivity index (χ1n) is 6.21. The van der Waals surface area contributed by atoms with Gasteiger partial charge in [-0.2, -0.15) is 0 Å². The zero-order valence-electron chi connectivity index (χ0n) is 11.1. The maximum Gasteiger partial charge on any atom is 0.329 e. The summed E-state index contributed by atoms with van der Waals surface area (Å²) in [6.07, 6.45) is 1.54.